The molecule has 0 N–H and O–H groups in total. The molecule has 1 heterocycles. The minimum atomic E-state index is -2.51. The van der Waals surface area contributed by atoms with E-state index in [1.807, 2.05) is 20.8 Å². The van der Waals surface area contributed by atoms with E-state index in [9.17, 15) is 0 Å². The fourth-order valence-corrected chi connectivity index (χ4v) is 4.57. The van der Waals surface area contributed by atoms with Crippen LogP contribution in [0.15, 0.2) is 0 Å². The molecule has 1 rings (SSSR count). The molecule has 1 aliphatic heterocycles. The first-order valence-corrected chi connectivity index (χ1v) is 9.88. The summed E-state index contributed by atoms with van der Waals surface area (Å²) in [6.07, 6.45) is 1.19. The maximum atomic E-state index is 5.79. The van der Waals surface area contributed by atoms with Gasteiger partial charge in [0.15, 0.2) is 0 Å². The zero-order valence-corrected chi connectivity index (χ0v) is 14.6. The Morgan fingerprint density at radius 2 is 1.48 bits per heavy atom. The summed E-state index contributed by atoms with van der Waals surface area (Å²) < 4.78 is 33.4. The molecule has 0 aromatic heterocycles. The van der Waals surface area contributed by atoms with Crippen molar-refractivity contribution in [3.05, 3.63) is 0 Å². The molecule has 126 valence electrons. The number of hydrogen-bond acceptors (Lipinski definition) is 6. The van der Waals surface area contributed by atoms with Crippen LogP contribution in [-0.2, 0) is 27.5 Å². The van der Waals surface area contributed by atoms with Crippen LogP contribution in [0.25, 0.3) is 0 Å². The summed E-state index contributed by atoms with van der Waals surface area (Å²) in [5, 5.41) is 0. The van der Waals surface area contributed by atoms with E-state index in [4.69, 9.17) is 27.5 Å². The minimum Gasteiger partial charge on any atom is -0.379 e. The van der Waals surface area contributed by atoms with Gasteiger partial charge in [0.25, 0.3) is 0 Å². The number of hydrogen-bond donors (Lipinski definition) is 0. The molecule has 1 atom stereocenters. The predicted molar refractivity (Wildman–Crippen MR) is 81.4 cm³/mol. The van der Waals surface area contributed by atoms with Gasteiger partial charge in [-0.1, -0.05) is 0 Å². The second kappa shape index (κ2) is 11.5. The molecule has 21 heavy (non-hydrogen) atoms. The van der Waals surface area contributed by atoms with E-state index < -0.39 is 8.80 Å². The fourth-order valence-electron chi connectivity index (χ4n) is 1.99. The SMILES string of the molecule is CCO[Si](CCCOCCOCC1CO1)(OCC)OCC. The Morgan fingerprint density at radius 1 is 0.905 bits per heavy atom. The molecule has 1 saturated heterocycles. The van der Waals surface area contributed by atoms with E-state index in [0.29, 0.717) is 52.4 Å². The molecular formula is C14H30O6Si. The van der Waals surface area contributed by atoms with Crippen LogP contribution in [-0.4, -0.2) is 67.8 Å². The molecular weight excluding hydrogens is 292 g/mol. The van der Waals surface area contributed by atoms with E-state index in [0.717, 1.165) is 19.1 Å². The first kappa shape index (κ1) is 19.0. The molecule has 0 aromatic rings. The van der Waals surface area contributed by atoms with Crippen molar-refractivity contribution in [3.63, 3.8) is 0 Å². The molecule has 1 unspecified atom stereocenters. The summed E-state index contributed by atoms with van der Waals surface area (Å²) in [7, 11) is -2.51. The molecule has 7 heteroatoms. The van der Waals surface area contributed by atoms with Gasteiger partial charge >= 0.3 is 8.80 Å². The Kier molecular flexibility index (Phi) is 10.4. The normalized spacial score (nSPS) is 18.1. The van der Waals surface area contributed by atoms with Gasteiger partial charge in [-0.05, 0) is 27.2 Å². The van der Waals surface area contributed by atoms with Crippen molar-refractivity contribution in [3.8, 4) is 0 Å². The Morgan fingerprint density at radius 3 is 2.00 bits per heavy atom. The Bertz CT molecular complexity index is 233. The second-order valence-corrected chi connectivity index (χ2v) is 7.46. The lowest BCUT2D eigenvalue weighted by molar-refractivity contribution is 0.0376. The summed E-state index contributed by atoms with van der Waals surface area (Å²) in [5.41, 5.74) is 0. The van der Waals surface area contributed by atoms with Crippen molar-refractivity contribution in [1.82, 2.24) is 0 Å². The maximum Gasteiger partial charge on any atom is 0.501 e. The highest BCUT2D eigenvalue weighted by Gasteiger charge is 2.39. The van der Waals surface area contributed by atoms with Gasteiger partial charge in [-0.3, -0.25) is 0 Å². The fraction of sp³-hybridized carbons (Fsp3) is 1.00. The van der Waals surface area contributed by atoms with Gasteiger partial charge in [-0.25, -0.2) is 0 Å². The Balaban J connectivity index is 2.06. The third kappa shape index (κ3) is 8.87. The van der Waals surface area contributed by atoms with Crippen molar-refractivity contribution in [2.45, 2.75) is 39.3 Å². The molecule has 0 spiro atoms. The van der Waals surface area contributed by atoms with Crippen molar-refractivity contribution in [1.29, 1.82) is 0 Å². The van der Waals surface area contributed by atoms with Crippen LogP contribution < -0.4 is 0 Å². The largest absolute Gasteiger partial charge is 0.501 e. The van der Waals surface area contributed by atoms with Gasteiger partial charge in [0.2, 0.25) is 0 Å². The lowest BCUT2D eigenvalue weighted by Crippen LogP contribution is -2.46. The second-order valence-electron chi connectivity index (χ2n) is 4.73. The van der Waals surface area contributed by atoms with Crippen LogP contribution >= 0.6 is 0 Å². The van der Waals surface area contributed by atoms with E-state index >= 15 is 0 Å². The van der Waals surface area contributed by atoms with E-state index in [2.05, 4.69) is 0 Å². The Hall–Kier alpha value is -0.0231. The number of epoxide rings is 1. The third-order valence-corrected chi connectivity index (χ3v) is 6.09. The van der Waals surface area contributed by atoms with E-state index in [1.54, 1.807) is 0 Å². The quantitative estimate of drug-likeness (QED) is 0.261. The molecule has 0 radical (unpaired) electrons. The van der Waals surface area contributed by atoms with Crippen LogP contribution in [0, 0.1) is 0 Å². The highest BCUT2D eigenvalue weighted by atomic mass is 28.4. The average molecular weight is 322 g/mol. The summed E-state index contributed by atoms with van der Waals surface area (Å²) in [5.74, 6) is 0. The van der Waals surface area contributed by atoms with Crippen molar-refractivity contribution in [2.75, 3.05) is 52.9 Å². The standard InChI is InChI=1S/C14H30O6Si/c1-4-18-21(19-5-2,20-6-3)11-7-8-15-9-10-16-12-14-13-17-14/h14H,4-13H2,1-3H3. The smallest absolute Gasteiger partial charge is 0.379 e. The van der Waals surface area contributed by atoms with E-state index in [-0.39, 0.29) is 0 Å². The summed E-state index contributed by atoms with van der Waals surface area (Å²) in [6, 6.07) is 0.791. The summed E-state index contributed by atoms with van der Waals surface area (Å²) in [6.45, 7) is 11.2. The third-order valence-electron chi connectivity index (χ3n) is 2.94. The summed E-state index contributed by atoms with van der Waals surface area (Å²) >= 11 is 0. The van der Waals surface area contributed by atoms with E-state index in [1.165, 1.54) is 0 Å². The molecule has 0 aliphatic carbocycles. The van der Waals surface area contributed by atoms with Crippen LogP contribution in [0.2, 0.25) is 6.04 Å². The van der Waals surface area contributed by atoms with Crippen LogP contribution in [0.1, 0.15) is 27.2 Å². The molecule has 0 amide bonds. The maximum absolute atomic E-state index is 5.79. The molecule has 1 fully saturated rings. The topological polar surface area (TPSA) is 58.7 Å². The zero-order valence-electron chi connectivity index (χ0n) is 13.6. The lowest BCUT2D eigenvalue weighted by atomic mass is 10.5. The predicted octanol–water partition coefficient (Wildman–Crippen LogP) is 1.86. The van der Waals surface area contributed by atoms with Crippen molar-refractivity contribution < 1.29 is 27.5 Å². The minimum absolute atomic E-state index is 0.320. The molecule has 0 bridgehead atoms. The highest BCUT2D eigenvalue weighted by molar-refractivity contribution is 6.60. The van der Waals surface area contributed by atoms with Gasteiger partial charge in [-0.2, -0.15) is 0 Å². The Labute approximate surface area is 129 Å². The van der Waals surface area contributed by atoms with Crippen LogP contribution in [0.3, 0.4) is 0 Å². The molecule has 0 aromatic carbocycles. The van der Waals surface area contributed by atoms with Gasteiger partial charge < -0.3 is 27.5 Å². The van der Waals surface area contributed by atoms with Gasteiger partial charge in [0.05, 0.1) is 26.4 Å². The van der Waals surface area contributed by atoms with Crippen molar-refractivity contribution >= 4 is 8.80 Å². The van der Waals surface area contributed by atoms with Crippen LogP contribution in [0.5, 0.6) is 0 Å². The number of rotatable bonds is 15. The monoisotopic (exact) mass is 322 g/mol. The van der Waals surface area contributed by atoms with Gasteiger partial charge in [0.1, 0.15) is 6.10 Å². The lowest BCUT2D eigenvalue weighted by Gasteiger charge is -2.28. The van der Waals surface area contributed by atoms with Gasteiger partial charge in [0, 0.05) is 32.5 Å². The molecule has 0 saturated carbocycles. The molecule has 1 aliphatic rings. The van der Waals surface area contributed by atoms with Gasteiger partial charge in [-0.15, -0.1) is 0 Å². The summed E-state index contributed by atoms with van der Waals surface area (Å²) in [4.78, 5) is 0. The zero-order chi connectivity index (χ0) is 15.4. The number of ether oxygens (including phenoxy) is 3. The average Bonchev–Trinajstić information content (AvgIpc) is 3.27. The highest BCUT2D eigenvalue weighted by Crippen LogP contribution is 2.18. The first-order valence-electron chi connectivity index (χ1n) is 7.95. The molecule has 6 nitrogen and oxygen atoms in total. The van der Waals surface area contributed by atoms with Crippen LogP contribution in [0.4, 0.5) is 0 Å². The van der Waals surface area contributed by atoms with Crippen molar-refractivity contribution in [2.24, 2.45) is 0 Å². The first-order chi connectivity index (χ1) is 10.3.